The van der Waals surface area contributed by atoms with Gasteiger partial charge in [-0.05, 0) is 30.5 Å². The summed E-state index contributed by atoms with van der Waals surface area (Å²) in [6.07, 6.45) is 1.78. The van der Waals surface area contributed by atoms with Crippen molar-refractivity contribution >= 4 is 12.0 Å². The Bertz CT molecular complexity index is 431. The Morgan fingerprint density at radius 1 is 1.15 bits per heavy atom. The molecule has 0 aliphatic rings. The minimum atomic E-state index is -0.960. The van der Waals surface area contributed by atoms with Gasteiger partial charge in [0.15, 0.2) is 0 Å². The first-order valence-electron chi connectivity index (χ1n) is 6.46. The highest BCUT2D eigenvalue weighted by Crippen LogP contribution is 2.04. The lowest BCUT2D eigenvalue weighted by atomic mass is 10.1. The number of benzene rings is 1. The summed E-state index contributed by atoms with van der Waals surface area (Å²) in [5.74, 6) is -0.960. The van der Waals surface area contributed by atoms with Gasteiger partial charge in [0.2, 0.25) is 0 Å². The van der Waals surface area contributed by atoms with Crippen molar-refractivity contribution in [3.8, 4) is 0 Å². The molecule has 0 spiro atoms. The molecule has 0 radical (unpaired) electrons. The summed E-state index contributed by atoms with van der Waals surface area (Å²) in [5, 5.41) is 14.2. The first-order chi connectivity index (χ1) is 9.63. The highest BCUT2D eigenvalue weighted by molar-refractivity contribution is 5.87. The Morgan fingerprint density at radius 3 is 2.45 bits per heavy atom. The number of aromatic carboxylic acids is 1. The van der Waals surface area contributed by atoms with Crippen molar-refractivity contribution in [3.05, 3.63) is 35.4 Å². The van der Waals surface area contributed by atoms with E-state index in [9.17, 15) is 9.59 Å². The Kier molecular flexibility index (Phi) is 7.13. The molecule has 6 heteroatoms. The average Bonchev–Trinajstić information content (AvgIpc) is 2.45. The van der Waals surface area contributed by atoms with Gasteiger partial charge in [-0.1, -0.05) is 12.1 Å². The van der Waals surface area contributed by atoms with Crippen LogP contribution in [0.5, 0.6) is 0 Å². The third kappa shape index (κ3) is 6.19. The van der Waals surface area contributed by atoms with Crippen LogP contribution in [0.3, 0.4) is 0 Å². The van der Waals surface area contributed by atoms with Crippen LogP contribution in [0.25, 0.3) is 0 Å². The predicted molar refractivity (Wildman–Crippen MR) is 74.7 cm³/mol. The van der Waals surface area contributed by atoms with E-state index in [4.69, 9.17) is 9.84 Å². The molecule has 0 bridgehead atoms. The van der Waals surface area contributed by atoms with Crippen LogP contribution in [0.15, 0.2) is 24.3 Å². The van der Waals surface area contributed by atoms with Crippen LogP contribution in [0.2, 0.25) is 0 Å². The Morgan fingerprint density at radius 2 is 1.85 bits per heavy atom. The quantitative estimate of drug-likeness (QED) is 0.631. The fraction of sp³-hybridized carbons (Fsp3) is 0.429. The number of carboxylic acids is 1. The molecule has 0 heterocycles. The third-order valence-electron chi connectivity index (χ3n) is 2.71. The summed E-state index contributed by atoms with van der Waals surface area (Å²) < 4.78 is 4.91. The summed E-state index contributed by atoms with van der Waals surface area (Å²) in [7, 11) is 1.65. The van der Waals surface area contributed by atoms with Crippen molar-refractivity contribution in [3.63, 3.8) is 0 Å². The van der Waals surface area contributed by atoms with Gasteiger partial charge in [-0.3, -0.25) is 0 Å². The van der Waals surface area contributed by atoms with Gasteiger partial charge >= 0.3 is 12.0 Å². The Balaban J connectivity index is 2.22. The van der Waals surface area contributed by atoms with Crippen LogP contribution < -0.4 is 10.6 Å². The molecule has 0 saturated heterocycles. The molecule has 20 heavy (non-hydrogen) atoms. The highest BCUT2D eigenvalue weighted by Gasteiger charge is 2.03. The number of urea groups is 1. The Labute approximate surface area is 118 Å². The lowest BCUT2D eigenvalue weighted by Gasteiger charge is -2.07. The number of carbonyl (C=O) groups is 2. The molecule has 0 saturated carbocycles. The van der Waals surface area contributed by atoms with E-state index in [0.717, 1.165) is 18.4 Å². The number of nitrogens with one attached hydrogen (secondary N) is 2. The molecule has 0 aliphatic carbocycles. The van der Waals surface area contributed by atoms with Gasteiger partial charge in [-0.15, -0.1) is 0 Å². The average molecular weight is 280 g/mol. The van der Waals surface area contributed by atoms with E-state index in [1.165, 1.54) is 12.1 Å². The lowest BCUT2D eigenvalue weighted by Crippen LogP contribution is -2.35. The van der Waals surface area contributed by atoms with E-state index in [1.54, 1.807) is 19.2 Å². The maximum absolute atomic E-state index is 11.5. The van der Waals surface area contributed by atoms with E-state index in [2.05, 4.69) is 10.6 Å². The molecule has 1 aromatic carbocycles. The van der Waals surface area contributed by atoms with E-state index in [1.807, 2.05) is 0 Å². The number of unbranched alkanes of at least 4 members (excludes halogenated alkanes) is 1. The first kappa shape index (κ1) is 16.0. The predicted octanol–water partition coefficient (Wildman–Crippen LogP) is 1.61. The van der Waals surface area contributed by atoms with E-state index in [0.29, 0.717) is 19.7 Å². The molecule has 0 atom stereocenters. The number of carboxylic acid groups (broad SMARTS) is 1. The van der Waals surface area contributed by atoms with E-state index < -0.39 is 5.97 Å². The van der Waals surface area contributed by atoms with Crippen LogP contribution >= 0.6 is 0 Å². The van der Waals surface area contributed by atoms with Gasteiger partial charge in [0.05, 0.1) is 5.56 Å². The van der Waals surface area contributed by atoms with Crippen LogP contribution in [-0.2, 0) is 11.3 Å². The summed E-state index contributed by atoms with van der Waals surface area (Å²) in [5.41, 5.74) is 1.08. The molecular weight excluding hydrogens is 260 g/mol. The molecule has 3 N–H and O–H groups in total. The van der Waals surface area contributed by atoms with Gasteiger partial charge in [-0.25, -0.2) is 9.59 Å². The SMILES string of the molecule is COCCCCNC(=O)NCc1ccc(C(=O)O)cc1. The van der Waals surface area contributed by atoms with Gasteiger partial charge in [0, 0.05) is 26.8 Å². The third-order valence-corrected chi connectivity index (χ3v) is 2.71. The van der Waals surface area contributed by atoms with Crippen LogP contribution in [-0.4, -0.2) is 37.4 Å². The highest BCUT2D eigenvalue weighted by atomic mass is 16.5. The summed E-state index contributed by atoms with van der Waals surface area (Å²) in [6, 6.07) is 6.17. The van der Waals surface area contributed by atoms with E-state index in [-0.39, 0.29) is 11.6 Å². The van der Waals surface area contributed by atoms with Gasteiger partial charge < -0.3 is 20.5 Å². The van der Waals surface area contributed by atoms with Crippen molar-refractivity contribution in [1.82, 2.24) is 10.6 Å². The van der Waals surface area contributed by atoms with Crippen molar-refractivity contribution in [2.24, 2.45) is 0 Å². The molecule has 1 aromatic rings. The molecule has 110 valence electrons. The summed E-state index contributed by atoms with van der Waals surface area (Å²) >= 11 is 0. The monoisotopic (exact) mass is 280 g/mol. The van der Waals surface area contributed by atoms with Gasteiger partial charge in [0.1, 0.15) is 0 Å². The minimum Gasteiger partial charge on any atom is -0.478 e. The molecule has 1 rings (SSSR count). The largest absolute Gasteiger partial charge is 0.478 e. The Hall–Kier alpha value is -2.08. The van der Waals surface area contributed by atoms with Crippen molar-refractivity contribution in [2.45, 2.75) is 19.4 Å². The maximum atomic E-state index is 11.5. The van der Waals surface area contributed by atoms with Crippen LogP contribution in [0.1, 0.15) is 28.8 Å². The lowest BCUT2D eigenvalue weighted by molar-refractivity contribution is 0.0697. The second-order valence-electron chi connectivity index (χ2n) is 4.31. The summed E-state index contributed by atoms with van der Waals surface area (Å²) in [6.45, 7) is 1.66. The zero-order valence-corrected chi connectivity index (χ0v) is 11.5. The van der Waals surface area contributed by atoms with Gasteiger partial charge in [-0.2, -0.15) is 0 Å². The van der Waals surface area contributed by atoms with Gasteiger partial charge in [0.25, 0.3) is 0 Å². The number of methoxy groups -OCH3 is 1. The van der Waals surface area contributed by atoms with Crippen molar-refractivity contribution in [2.75, 3.05) is 20.3 Å². The maximum Gasteiger partial charge on any atom is 0.335 e. The van der Waals surface area contributed by atoms with Crippen molar-refractivity contribution in [1.29, 1.82) is 0 Å². The van der Waals surface area contributed by atoms with Crippen LogP contribution in [0.4, 0.5) is 4.79 Å². The summed E-state index contributed by atoms with van der Waals surface area (Å²) in [4.78, 5) is 22.2. The van der Waals surface area contributed by atoms with Crippen molar-refractivity contribution < 1.29 is 19.4 Å². The smallest absolute Gasteiger partial charge is 0.335 e. The zero-order valence-electron chi connectivity index (χ0n) is 11.5. The molecule has 2 amide bonds. The molecule has 0 unspecified atom stereocenters. The number of amides is 2. The number of ether oxygens (including phenoxy) is 1. The number of hydrogen-bond donors (Lipinski definition) is 3. The standard InChI is InChI=1S/C14H20N2O4/c1-20-9-3-2-8-15-14(19)16-10-11-4-6-12(7-5-11)13(17)18/h4-7H,2-3,8-10H2,1H3,(H,17,18)(H2,15,16,19). The number of carbonyl (C=O) groups excluding carboxylic acids is 1. The molecule has 6 nitrogen and oxygen atoms in total. The second kappa shape index (κ2) is 8.92. The topological polar surface area (TPSA) is 87.7 Å². The number of rotatable bonds is 8. The first-order valence-corrected chi connectivity index (χ1v) is 6.46. The zero-order chi connectivity index (χ0) is 14.8. The molecular formula is C14H20N2O4. The van der Waals surface area contributed by atoms with E-state index >= 15 is 0 Å². The molecule has 0 aromatic heterocycles. The second-order valence-corrected chi connectivity index (χ2v) is 4.31. The van der Waals surface area contributed by atoms with Crippen LogP contribution in [0, 0.1) is 0 Å². The fourth-order valence-electron chi connectivity index (χ4n) is 1.58. The number of hydrogen-bond acceptors (Lipinski definition) is 3. The fourth-order valence-corrected chi connectivity index (χ4v) is 1.58. The normalized spacial score (nSPS) is 10.1. The molecule has 0 aliphatic heterocycles. The molecule has 0 fully saturated rings. The minimum absolute atomic E-state index is 0.232.